The monoisotopic (exact) mass is 375 g/mol. The largest absolute Gasteiger partial charge is 0.325 e. The Morgan fingerprint density at radius 1 is 1.44 bits per heavy atom. The molecule has 0 saturated carbocycles. The van der Waals surface area contributed by atoms with Crippen LogP contribution in [0.5, 0.6) is 0 Å². The summed E-state index contributed by atoms with van der Waals surface area (Å²) < 4.78 is 1.54. The molecule has 1 amide bonds. The Balaban J connectivity index is 1.71. The number of hydrogen-bond acceptors (Lipinski definition) is 5. The van der Waals surface area contributed by atoms with Crippen molar-refractivity contribution in [2.75, 3.05) is 11.1 Å². The number of nitrogens with zero attached hydrogens (tertiary/aromatic N) is 2. The lowest BCUT2D eigenvalue weighted by Crippen LogP contribution is -2.23. The maximum atomic E-state index is 12.4. The second-order valence-electron chi connectivity index (χ2n) is 6.25. The van der Waals surface area contributed by atoms with E-state index >= 15 is 0 Å². The molecule has 0 bridgehead atoms. The molecule has 1 aliphatic heterocycles. The number of amides is 1. The highest BCUT2D eigenvalue weighted by Gasteiger charge is 2.25. The third-order valence-corrected chi connectivity index (χ3v) is 6.53. The first-order chi connectivity index (χ1) is 11.9. The number of anilines is 1. The molecule has 1 aromatic carbocycles. The van der Waals surface area contributed by atoms with Gasteiger partial charge >= 0.3 is 0 Å². The summed E-state index contributed by atoms with van der Waals surface area (Å²) in [6, 6.07) is 5.84. The number of aromatic nitrogens is 2. The quantitative estimate of drug-likeness (QED) is 0.657. The van der Waals surface area contributed by atoms with Gasteiger partial charge in [0.15, 0.2) is 5.16 Å². The SMILES string of the molecule is Cc1cccc(NC(=O)CSc2nc3c(c(=O)n2C)S[C@H](C)C3)c1C. The molecule has 132 valence electrons. The molecule has 2 aromatic rings. The summed E-state index contributed by atoms with van der Waals surface area (Å²) >= 11 is 2.88. The minimum atomic E-state index is -0.101. The molecule has 0 unspecified atom stereocenters. The number of nitrogens with one attached hydrogen (secondary N) is 1. The van der Waals surface area contributed by atoms with Gasteiger partial charge in [-0.2, -0.15) is 0 Å². The normalized spacial score (nSPS) is 15.9. The van der Waals surface area contributed by atoms with E-state index in [-0.39, 0.29) is 17.2 Å². The van der Waals surface area contributed by atoms with Gasteiger partial charge < -0.3 is 5.32 Å². The molecule has 1 aromatic heterocycles. The summed E-state index contributed by atoms with van der Waals surface area (Å²) in [7, 11) is 1.71. The van der Waals surface area contributed by atoms with Crippen molar-refractivity contribution >= 4 is 35.1 Å². The van der Waals surface area contributed by atoms with Crippen LogP contribution in [0.1, 0.15) is 23.7 Å². The van der Waals surface area contributed by atoms with E-state index in [1.165, 1.54) is 11.8 Å². The van der Waals surface area contributed by atoms with Gasteiger partial charge in [-0.05, 0) is 31.0 Å². The van der Waals surface area contributed by atoms with Crippen LogP contribution in [0.15, 0.2) is 33.0 Å². The minimum Gasteiger partial charge on any atom is -0.325 e. The average Bonchev–Trinajstić information content (AvgIpc) is 2.94. The second kappa shape index (κ2) is 7.25. The lowest BCUT2D eigenvalue weighted by atomic mass is 10.1. The Morgan fingerprint density at radius 2 is 2.20 bits per heavy atom. The van der Waals surface area contributed by atoms with Gasteiger partial charge in [0, 0.05) is 24.4 Å². The van der Waals surface area contributed by atoms with Crippen molar-refractivity contribution in [2.24, 2.45) is 7.05 Å². The fourth-order valence-electron chi connectivity index (χ4n) is 2.71. The van der Waals surface area contributed by atoms with Crippen molar-refractivity contribution in [3.8, 4) is 0 Å². The van der Waals surface area contributed by atoms with Gasteiger partial charge in [0.25, 0.3) is 5.56 Å². The molecule has 3 rings (SSSR count). The van der Waals surface area contributed by atoms with Gasteiger partial charge in [0.1, 0.15) is 0 Å². The van der Waals surface area contributed by atoms with Crippen molar-refractivity contribution in [2.45, 2.75) is 42.5 Å². The van der Waals surface area contributed by atoms with E-state index in [1.807, 2.05) is 32.0 Å². The first-order valence-electron chi connectivity index (χ1n) is 8.12. The maximum Gasteiger partial charge on any atom is 0.267 e. The number of rotatable bonds is 4. The van der Waals surface area contributed by atoms with Crippen molar-refractivity contribution in [3.63, 3.8) is 0 Å². The molecule has 0 radical (unpaired) electrons. The van der Waals surface area contributed by atoms with E-state index in [0.29, 0.717) is 10.4 Å². The highest BCUT2D eigenvalue weighted by atomic mass is 32.2. The first-order valence-corrected chi connectivity index (χ1v) is 9.98. The molecule has 25 heavy (non-hydrogen) atoms. The molecule has 2 heterocycles. The molecule has 0 aliphatic carbocycles. The fraction of sp³-hybridized carbons (Fsp3) is 0.389. The summed E-state index contributed by atoms with van der Waals surface area (Å²) in [5, 5.41) is 3.91. The molecule has 1 N–H and O–H groups in total. The topological polar surface area (TPSA) is 64.0 Å². The lowest BCUT2D eigenvalue weighted by molar-refractivity contribution is -0.113. The predicted octanol–water partition coefficient (Wildman–Crippen LogP) is 3.16. The van der Waals surface area contributed by atoms with Crippen molar-refractivity contribution < 1.29 is 4.79 Å². The van der Waals surface area contributed by atoms with E-state index < -0.39 is 0 Å². The number of hydrogen-bond donors (Lipinski definition) is 1. The molecule has 1 aliphatic rings. The zero-order valence-corrected chi connectivity index (χ0v) is 16.4. The van der Waals surface area contributed by atoms with Crippen LogP contribution in [0.25, 0.3) is 0 Å². The van der Waals surface area contributed by atoms with Gasteiger partial charge in [-0.3, -0.25) is 14.2 Å². The van der Waals surface area contributed by atoms with E-state index in [9.17, 15) is 9.59 Å². The standard InChI is InChI=1S/C18H21N3O2S2/c1-10-6-5-7-13(12(10)3)19-15(22)9-24-18-20-14-8-11(2)25-16(14)17(23)21(18)4/h5-7,11H,8-9H2,1-4H3,(H,19,22)/t11-/m1/s1. The summed E-state index contributed by atoms with van der Waals surface area (Å²) in [4.78, 5) is 30.1. The Hall–Kier alpha value is -1.73. The summed E-state index contributed by atoms with van der Waals surface area (Å²) in [6.45, 7) is 6.10. The predicted molar refractivity (Wildman–Crippen MR) is 104 cm³/mol. The van der Waals surface area contributed by atoms with Crippen LogP contribution < -0.4 is 10.9 Å². The number of thioether (sulfide) groups is 2. The van der Waals surface area contributed by atoms with Gasteiger partial charge in [0.05, 0.1) is 16.3 Å². The van der Waals surface area contributed by atoms with Crippen LogP contribution in [0, 0.1) is 13.8 Å². The average molecular weight is 376 g/mol. The summed E-state index contributed by atoms with van der Waals surface area (Å²) in [5.74, 6) is 0.117. The highest BCUT2D eigenvalue weighted by Crippen LogP contribution is 2.33. The van der Waals surface area contributed by atoms with E-state index in [2.05, 4.69) is 17.2 Å². The molecule has 5 nitrogen and oxygen atoms in total. The van der Waals surface area contributed by atoms with Gasteiger partial charge in [-0.15, -0.1) is 11.8 Å². The molecule has 7 heteroatoms. The summed E-state index contributed by atoms with van der Waals surface area (Å²) in [5.41, 5.74) is 3.87. The van der Waals surface area contributed by atoms with Crippen LogP contribution >= 0.6 is 23.5 Å². The van der Waals surface area contributed by atoms with Crippen LogP contribution in [0.2, 0.25) is 0 Å². The number of carbonyl (C=O) groups excluding carboxylic acids is 1. The molecule has 0 spiro atoms. The third kappa shape index (κ3) is 3.77. The van der Waals surface area contributed by atoms with Crippen molar-refractivity contribution in [1.82, 2.24) is 9.55 Å². The van der Waals surface area contributed by atoms with Crippen molar-refractivity contribution in [3.05, 3.63) is 45.4 Å². The van der Waals surface area contributed by atoms with Crippen LogP contribution in [0.3, 0.4) is 0 Å². The molecular weight excluding hydrogens is 354 g/mol. The smallest absolute Gasteiger partial charge is 0.267 e. The Bertz CT molecular complexity index is 893. The van der Waals surface area contributed by atoms with Gasteiger partial charge in [-0.1, -0.05) is 30.8 Å². The zero-order valence-electron chi connectivity index (χ0n) is 14.8. The number of carbonyl (C=O) groups is 1. The molecular formula is C18H21N3O2S2. The third-order valence-electron chi connectivity index (χ3n) is 4.29. The van der Waals surface area contributed by atoms with Gasteiger partial charge in [0.2, 0.25) is 5.91 Å². The van der Waals surface area contributed by atoms with Crippen LogP contribution in [-0.4, -0.2) is 26.5 Å². The first kappa shape index (κ1) is 18.1. The molecule has 0 saturated heterocycles. The van der Waals surface area contributed by atoms with Crippen molar-refractivity contribution in [1.29, 1.82) is 0 Å². The lowest BCUT2D eigenvalue weighted by Gasteiger charge is -2.11. The Morgan fingerprint density at radius 3 is 2.96 bits per heavy atom. The van der Waals surface area contributed by atoms with E-state index in [1.54, 1.807) is 23.4 Å². The minimum absolute atomic E-state index is 0.0169. The van der Waals surface area contributed by atoms with E-state index in [4.69, 9.17) is 0 Å². The maximum absolute atomic E-state index is 12.4. The number of aryl methyl sites for hydroxylation is 1. The van der Waals surface area contributed by atoms with Crippen LogP contribution in [0.4, 0.5) is 5.69 Å². The highest BCUT2D eigenvalue weighted by molar-refractivity contribution is 8.00. The fourth-order valence-corrected chi connectivity index (χ4v) is 4.64. The molecule has 0 fully saturated rings. The molecule has 1 atom stereocenters. The number of benzene rings is 1. The van der Waals surface area contributed by atoms with Crippen LogP contribution in [-0.2, 0) is 18.3 Å². The Labute approximate surface area is 155 Å². The van der Waals surface area contributed by atoms with E-state index in [0.717, 1.165) is 33.8 Å². The second-order valence-corrected chi connectivity index (χ2v) is 8.64. The Kier molecular flexibility index (Phi) is 5.24. The van der Waals surface area contributed by atoms with Gasteiger partial charge in [-0.25, -0.2) is 4.98 Å². The number of fused-ring (bicyclic) bond motifs is 1. The summed E-state index contributed by atoms with van der Waals surface area (Å²) in [6.07, 6.45) is 0.804. The zero-order chi connectivity index (χ0) is 18.1.